The Morgan fingerprint density at radius 3 is 2.29 bits per heavy atom. The SMILES string of the molecule is CCC(C)C(NC(=O)c1ccc(Cl)cc1)C(=O)N1CCc2cc(OC)c(OC)cc2C1. The summed E-state index contributed by atoms with van der Waals surface area (Å²) in [5, 5.41) is 3.51. The Balaban J connectivity index is 1.79. The molecule has 0 fully saturated rings. The normalized spacial score (nSPS) is 14.9. The van der Waals surface area contributed by atoms with Gasteiger partial charge in [0.05, 0.1) is 14.2 Å². The molecule has 0 saturated heterocycles. The van der Waals surface area contributed by atoms with Gasteiger partial charge in [-0.15, -0.1) is 0 Å². The molecule has 1 aliphatic rings. The van der Waals surface area contributed by atoms with Gasteiger partial charge in [-0.2, -0.15) is 0 Å². The number of nitrogens with zero attached hydrogens (tertiary/aromatic N) is 1. The average Bonchev–Trinajstić information content (AvgIpc) is 2.80. The smallest absolute Gasteiger partial charge is 0.251 e. The van der Waals surface area contributed by atoms with Gasteiger partial charge in [-0.05, 0) is 59.9 Å². The van der Waals surface area contributed by atoms with Crippen molar-refractivity contribution in [3.05, 3.63) is 58.1 Å². The molecule has 2 aromatic carbocycles. The van der Waals surface area contributed by atoms with Crippen LogP contribution in [0.3, 0.4) is 0 Å². The average molecular weight is 445 g/mol. The Morgan fingerprint density at radius 2 is 1.71 bits per heavy atom. The van der Waals surface area contributed by atoms with Crippen LogP contribution in [0.1, 0.15) is 41.8 Å². The third-order valence-electron chi connectivity index (χ3n) is 5.90. The number of carbonyl (C=O) groups is 2. The number of ether oxygens (including phenoxy) is 2. The van der Waals surface area contributed by atoms with Crippen LogP contribution in [-0.2, 0) is 17.8 Å². The van der Waals surface area contributed by atoms with Gasteiger partial charge in [-0.25, -0.2) is 0 Å². The van der Waals surface area contributed by atoms with Crippen molar-refractivity contribution in [1.82, 2.24) is 10.2 Å². The monoisotopic (exact) mass is 444 g/mol. The molecule has 1 heterocycles. The number of methoxy groups -OCH3 is 2. The van der Waals surface area contributed by atoms with Crippen LogP contribution in [0.15, 0.2) is 36.4 Å². The topological polar surface area (TPSA) is 67.9 Å². The van der Waals surface area contributed by atoms with Crippen LogP contribution >= 0.6 is 11.6 Å². The summed E-state index contributed by atoms with van der Waals surface area (Å²) in [4.78, 5) is 28.0. The number of amides is 2. The van der Waals surface area contributed by atoms with Gasteiger partial charge in [0, 0.05) is 23.7 Å². The summed E-state index contributed by atoms with van der Waals surface area (Å²) in [5.74, 6) is 0.977. The highest BCUT2D eigenvalue weighted by Crippen LogP contribution is 2.33. The van der Waals surface area contributed by atoms with Crippen molar-refractivity contribution >= 4 is 23.4 Å². The number of hydrogen-bond donors (Lipinski definition) is 1. The molecule has 2 amide bonds. The van der Waals surface area contributed by atoms with E-state index in [-0.39, 0.29) is 17.7 Å². The predicted molar refractivity (Wildman–Crippen MR) is 121 cm³/mol. The fourth-order valence-electron chi connectivity index (χ4n) is 3.78. The van der Waals surface area contributed by atoms with E-state index >= 15 is 0 Å². The Kier molecular flexibility index (Phi) is 7.44. The number of benzene rings is 2. The van der Waals surface area contributed by atoms with Crippen LogP contribution in [0.4, 0.5) is 0 Å². The van der Waals surface area contributed by atoms with Crippen molar-refractivity contribution < 1.29 is 19.1 Å². The van der Waals surface area contributed by atoms with Crippen molar-refractivity contribution in [2.45, 2.75) is 39.3 Å². The van der Waals surface area contributed by atoms with Crippen molar-refractivity contribution in [1.29, 1.82) is 0 Å². The second-order valence-corrected chi connectivity index (χ2v) is 8.27. The van der Waals surface area contributed by atoms with E-state index < -0.39 is 6.04 Å². The van der Waals surface area contributed by atoms with Crippen LogP contribution in [-0.4, -0.2) is 43.5 Å². The highest BCUT2D eigenvalue weighted by atomic mass is 35.5. The lowest BCUT2D eigenvalue weighted by Crippen LogP contribution is -2.52. The number of nitrogens with one attached hydrogen (secondary N) is 1. The molecular weight excluding hydrogens is 416 g/mol. The summed E-state index contributed by atoms with van der Waals surface area (Å²) in [6.07, 6.45) is 1.49. The molecule has 2 aromatic rings. The van der Waals surface area contributed by atoms with Crippen molar-refractivity contribution in [2.24, 2.45) is 5.92 Å². The lowest BCUT2D eigenvalue weighted by Gasteiger charge is -2.34. The molecule has 3 rings (SSSR count). The van der Waals surface area contributed by atoms with E-state index in [1.165, 1.54) is 0 Å². The van der Waals surface area contributed by atoms with Crippen LogP contribution in [0.25, 0.3) is 0 Å². The van der Waals surface area contributed by atoms with Gasteiger partial charge < -0.3 is 19.7 Å². The van der Waals surface area contributed by atoms with Gasteiger partial charge in [-0.1, -0.05) is 31.9 Å². The van der Waals surface area contributed by atoms with Gasteiger partial charge in [0.15, 0.2) is 11.5 Å². The van der Waals surface area contributed by atoms with E-state index in [1.54, 1.807) is 38.5 Å². The third kappa shape index (κ3) is 5.13. The van der Waals surface area contributed by atoms with E-state index in [1.807, 2.05) is 30.9 Å². The Bertz CT molecular complexity index is 945. The number of hydrogen-bond acceptors (Lipinski definition) is 4. The maximum atomic E-state index is 13.4. The third-order valence-corrected chi connectivity index (χ3v) is 6.15. The second-order valence-electron chi connectivity index (χ2n) is 7.83. The second kappa shape index (κ2) is 10.1. The molecule has 2 unspecified atom stereocenters. The lowest BCUT2D eigenvalue weighted by molar-refractivity contribution is -0.135. The summed E-state index contributed by atoms with van der Waals surface area (Å²) in [5.41, 5.74) is 2.66. The van der Waals surface area contributed by atoms with E-state index in [4.69, 9.17) is 21.1 Å². The maximum absolute atomic E-state index is 13.4. The van der Waals surface area contributed by atoms with Crippen molar-refractivity contribution in [3.8, 4) is 11.5 Å². The molecule has 0 saturated carbocycles. The van der Waals surface area contributed by atoms with E-state index in [0.29, 0.717) is 35.2 Å². The molecule has 0 aromatic heterocycles. The molecular formula is C24H29ClN2O4. The van der Waals surface area contributed by atoms with Crippen molar-refractivity contribution in [2.75, 3.05) is 20.8 Å². The molecule has 0 bridgehead atoms. The zero-order valence-electron chi connectivity index (χ0n) is 18.4. The first-order valence-electron chi connectivity index (χ1n) is 10.5. The first-order valence-corrected chi connectivity index (χ1v) is 10.8. The molecule has 2 atom stereocenters. The Hall–Kier alpha value is -2.73. The highest BCUT2D eigenvalue weighted by molar-refractivity contribution is 6.30. The first kappa shape index (κ1) is 22.9. The molecule has 1 N–H and O–H groups in total. The molecule has 6 nitrogen and oxygen atoms in total. The number of carbonyl (C=O) groups excluding carboxylic acids is 2. The van der Waals surface area contributed by atoms with E-state index in [2.05, 4.69) is 5.32 Å². The standard InChI is InChI=1S/C24H29ClN2O4/c1-5-15(2)22(26-23(28)16-6-8-19(25)9-7-16)24(29)27-11-10-17-12-20(30-3)21(31-4)13-18(17)14-27/h6-9,12-13,15,22H,5,10-11,14H2,1-4H3,(H,26,28). The summed E-state index contributed by atoms with van der Waals surface area (Å²) < 4.78 is 10.8. The van der Waals surface area contributed by atoms with Gasteiger partial charge >= 0.3 is 0 Å². The van der Waals surface area contributed by atoms with Crippen LogP contribution < -0.4 is 14.8 Å². The predicted octanol–water partition coefficient (Wildman–Crippen LogP) is 4.09. The van der Waals surface area contributed by atoms with Crippen LogP contribution in [0.5, 0.6) is 11.5 Å². The lowest BCUT2D eigenvalue weighted by atomic mass is 9.94. The van der Waals surface area contributed by atoms with E-state index in [0.717, 1.165) is 24.0 Å². The molecule has 7 heteroatoms. The van der Waals surface area contributed by atoms with Crippen LogP contribution in [0.2, 0.25) is 5.02 Å². The quantitative estimate of drug-likeness (QED) is 0.698. The highest BCUT2D eigenvalue weighted by Gasteiger charge is 2.32. The summed E-state index contributed by atoms with van der Waals surface area (Å²) in [6.45, 7) is 5.06. The summed E-state index contributed by atoms with van der Waals surface area (Å²) in [7, 11) is 3.21. The summed E-state index contributed by atoms with van der Waals surface area (Å²) >= 11 is 5.92. The number of halogens is 1. The first-order chi connectivity index (χ1) is 14.9. The molecule has 1 aliphatic heterocycles. The zero-order valence-corrected chi connectivity index (χ0v) is 19.2. The Morgan fingerprint density at radius 1 is 1.10 bits per heavy atom. The number of fused-ring (bicyclic) bond motifs is 1. The van der Waals surface area contributed by atoms with Gasteiger partial charge in [0.1, 0.15) is 6.04 Å². The molecule has 0 spiro atoms. The minimum absolute atomic E-state index is 0.00412. The molecule has 31 heavy (non-hydrogen) atoms. The fraction of sp³-hybridized carbons (Fsp3) is 0.417. The maximum Gasteiger partial charge on any atom is 0.251 e. The Labute approximate surface area is 188 Å². The molecule has 0 radical (unpaired) electrons. The fourth-order valence-corrected chi connectivity index (χ4v) is 3.90. The van der Waals surface area contributed by atoms with Gasteiger partial charge in [-0.3, -0.25) is 9.59 Å². The molecule has 0 aliphatic carbocycles. The largest absolute Gasteiger partial charge is 0.493 e. The number of rotatable bonds is 7. The minimum Gasteiger partial charge on any atom is -0.493 e. The minimum atomic E-state index is -0.602. The van der Waals surface area contributed by atoms with Gasteiger partial charge in [0.2, 0.25) is 5.91 Å². The summed E-state index contributed by atoms with van der Waals surface area (Å²) in [6, 6.07) is 9.95. The zero-order chi connectivity index (χ0) is 22.5. The van der Waals surface area contributed by atoms with Crippen LogP contribution in [0, 0.1) is 5.92 Å². The van der Waals surface area contributed by atoms with Gasteiger partial charge in [0.25, 0.3) is 5.91 Å². The van der Waals surface area contributed by atoms with E-state index in [9.17, 15) is 9.59 Å². The molecule has 166 valence electrons. The van der Waals surface area contributed by atoms with Crippen molar-refractivity contribution in [3.63, 3.8) is 0 Å².